The molecule has 0 aliphatic carbocycles. The van der Waals surface area contributed by atoms with Crippen LogP contribution < -0.4 is 11.1 Å². The third-order valence-corrected chi connectivity index (χ3v) is 3.36. The molecule has 1 aliphatic rings. The van der Waals surface area contributed by atoms with Gasteiger partial charge in [0.15, 0.2) is 10.8 Å². The van der Waals surface area contributed by atoms with Crippen LogP contribution in [0.3, 0.4) is 0 Å². The lowest BCUT2D eigenvalue weighted by molar-refractivity contribution is -0.145. The quantitative estimate of drug-likeness (QED) is 0.322. The van der Waals surface area contributed by atoms with Gasteiger partial charge in [0.2, 0.25) is 0 Å². The van der Waals surface area contributed by atoms with E-state index in [1.807, 2.05) is 0 Å². The third-order valence-electron chi connectivity index (χ3n) is 2.68. The lowest BCUT2D eigenvalue weighted by atomic mass is 10.1. The maximum atomic E-state index is 12.2. The van der Waals surface area contributed by atoms with Crippen molar-refractivity contribution in [2.45, 2.75) is 6.04 Å². The molecule has 0 aromatic carbocycles. The molecule has 0 saturated carbocycles. The van der Waals surface area contributed by atoms with Gasteiger partial charge in [0, 0.05) is 5.38 Å². The Labute approximate surface area is 133 Å². The third kappa shape index (κ3) is 3.79. The van der Waals surface area contributed by atoms with E-state index in [1.54, 1.807) is 0 Å². The molecule has 1 aliphatic heterocycles. The fourth-order valence-electron chi connectivity index (χ4n) is 1.66. The number of carbonyl (C=O) groups excluding carboxylic acids is 2. The number of β-lactam (4-membered cyclic amide) rings is 1. The number of aromatic nitrogens is 1. The molecular weight excluding hydrogens is 328 g/mol. The van der Waals surface area contributed by atoms with E-state index in [0.29, 0.717) is 6.21 Å². The van der Waals surface area contributed by atoms with Crippen LogP contribution in [0, 0.1) is 0 Å². The molecule has 23 heavy (non-hydrogen) atoms. The van der Waals surface area contributed by atoms with Crippen LogP contribution in [-0.2, 0) is 19.2 Å². The van der Waals surface area contributed by atoms with Crippen LogP contribution in [-0.4, -0.2) is 64.5 Å². The van der Waals surface area contributed by atoms with Gasteiger partial charge in [0.05, 0.1) is 6.54 Å². The fraction of sp³-hybridized carbons (Fsp3) is 0.273. The number of anilines is 1. The van der Waals surface area contributed by atoms with Gasteiger partial charge in [-0.1, -0.05) is 5.16 Å². The SMILES string of the molecule is CO/N=C(/C(=O)NC1CN(/N=C/C(=O)O)C1=O)c1csc(N)n1. The summed E-state index contributed by atoms with van der Waals surface area (Å²) >= 11 is 1.13. The molecule has 12 heteroatoms. The Hall–Kier alpha value is -3.02. The van der Waals surface area contributed by atoms with Crippen LogP contribution in [0.2, 0.25) is 0 Å². The number of nitrogen functional groups attached to an aromatic ring is 1. The first-order chi connectivity index (χ1) is 10.9. The van der Waals surface area contributed by atoms with E-state index >= 15 is 0 Å². The maximum Gasteiger partial charge on any atom is 0.348 e. The number of hydrogen-bond acceptors (Lipinski definition) is 9. The first-order valence-electron chi connectivity index (χ1n) is 6.14. The topological polar surface area (TPSA) is 160 Å². The second-order valence-corrected chi connectivity index (χ2v) is 5.11. The van der Waals surface area contributed by atoms with Crippen molar-refractivity contribution in [3.05, 3.63) is 11.1 Å². The van der Waals surface area contributed by atoms with Crippen LogP contribution in [0.15, 0.2) is 15.6 Å². The van der Waals surface area contributed by atoms with E-state index in [0.717, 1.165) is 16.3 Å². The summed E-state index contributed by atoms with van der Waals surface area (Å²) in [5, 5.41) is 20.6. The Balaban J connectivity index is 2.00. The van der Waals surface area contributed by atoms with Gasteiger partial charge in [-0.25, -0.2) is 14.8 Å². The number of hydrazone groups is 1. The van der Waals surface area contributed by atoms with E-state index in [-0.39, 0.29) is 23.1 Å². The molecule has 0 spiro atoms. The molecule has 4 N–H and O–H groups in total. The highest BCUT2D eigenvalue weighted by atomic mass is 32.1. The van der Waals surface area contributed by atoms with Crippen molar-refractivity contribution in [1.82, 2.24) is 15.3 Å². The molecule has 1 saturated heterocycles. The predicted octanol–water partition coefficient (Wildman–Crippen LogP) is -1.53. The second kappa shape index (κ2) is 6.83. The number of nitrogens with one attached hydrogen (secondary N) is 1. The number of rotatable bonds is 6. The van der Waals surface area contributed by atoms with Gasteiger partial charge in [0.25, 0.3) is 11.8 Å². The van der Waals surface area contributed by atoms with Crippen LogP contribution in [0.4, 0.5) is 5.13 Å². The smallest absolute Gasteiger partial charge is 0.348 e. The molecule has 2 heterocycles. The Morgan fingerprint density at radius 2 is 2.39 bits per heavy atom. The van der Waals surface area contributed by atoms with E-state index in [9.17, 15) is 14.4 Å². The van der Waals surface area contributed by atoms with Gasteiger partial charge < -0.3 is 21.0 Å². The molecule has 1 aromatic heterocycles. The number of hydrogen-bond donors (Lipinski definition) is 3. The van der Waals surface area contributed by atoms with Crippen LogP contribution >= 0.6 is 11.3 Å². The first-order valence-corrected chi connectivity index (χ1v) is 7.02. The zero-order valence-corrected chi connectivity index (χ0v) is 12.6. The highest BCUT2D eigenvalue weighted by Gasteiger charge is 2.39. The van der Waals surface area contributed by atoms with Crippen LogP contribution in [0.5, 0.6) is 0 Å². The molecule has 1 unspecified atom stereocenters. The van der Waals surface area contributed by atoms with Crippen molar-refractivity contribution >= 4 is 46.2 Å². The number of amides is 2. The average molecular weight is 340 g/mol. The van der Waals surface area contributed by atoms with E-state index in [4.69, 9.17) is 10.8 Å². The van der Waals surface area contributed by atoms with Crippen molar-refractivity contribution < 1.29 is 24.3 Å². The van der Waals surface area contributed by atoms with Crippen molar-refractivity contribution in [3.8, 4) is 0 Å². The molecule has 0 radical (unpaired) electrons. The van der Waals surface area contributed by atoms with Crippen LogP contribution in [0.25, 0.3) is 0 Å². The summed E-state index contributed by atoms with van der Waals surface area (Å²) in [6, 6.07) is -0.827. The molecule has 2 rings (SSSR count). The molecular formula is C11H12N6O5S. The van der Waals surface area contributed by atoms with E-state index < -0.39 is 23.8 Å². The summed E-state index contributed by atoms with van der Waals surface area (Å²) in [7, 11) is 1.26. The number of aliphatic carboxylic acids is 1. The molecule has 2 amide bonds. The lowest BCUT2D eigenvalue weighted by Crippen LogP contribution is -2.62. The summed E-state index contributed by atoms with van der Waals surface area (Å²) < 4.78 is 0. The largest absolute Gasteiger partial charge is 0.477 e. The fourth-order valence-corrected chi connectivity index (χ4v) is 2.21. The number of oxime groups is 1. The van der Waals surface area contributed by atoms with Crippen molar-refractivity contribution in [2.75, 3.05) is 19.4 Å². The monoisotopic (exact) mass is 340 g/mol. The summed E-state index contributed by atoms with van der Waals surface area (Å²) in [4.78, 5) is 42.7. The molecule has 1 atom stereocenters. The highest BCUT2D eigenvalue weighted by molar-refractivity contribution is 7.13. The Morgan fingerprint density at radius 1 is 1.65 bits per heavy atom. The minimum absolute atomic E-state index is 0.0494. The van der Waals surface area contributed by atoms with Crippen LogP contribution in [0.1, 0.15) is 5.69 Å². The van der Waals surface area contributed by atoms with Gasteiger partial charge in [-0.15, -0.1) is 11.3 Å². The van der Waals surface area contributed by atoms with Crippen molar-refractivity contribution in [3.63, 3.8) is 0 Å². The van der Waals surface area contributed by atoms with E-state index in [1.165, 1.54) is 12.5 Å². The Bertz CT molecular complexity index is 699. The highest BCUT2D eigenvalue weighted by Crippen LogP contribution is 2.14. The van der Waals surface area contributed by atoms with Gasteiger partial charge >= 0.3 is 5.97 Å². The van der Waals surface area contributed by atoms with Crippen molar-refractivity contribution in [2.24, 2.45) is 10.3 Å². The lowest BCUT2D eigenvalue weighted by Gasteiger charge is -2.34. The van der Waals surface area contributed by atoms with E-state index in [2.05, 4.69) is 25.4 Å². The zero-order chi connectivity index (χ0) is 17.0. The predicted molar refractivity (Wildman–Crippen MR) is 79.8 cm³/mol. The van der Waals surface area contributed by atoms with Gasteiger partial charge in [-0.2, -0.15) is 5.10 Å². The first kappa shape index (κ1) is 16.4. The number of carboxylic acid groups (broad SMARTS) is 1. The van der Waals surface area contributed by atoms with Crippen molar-refractivity contribution in [1.29, 1.82) is 0 Å². The van der Waals surface area contributed by atoms with Gasteiger partial charge in [-0.3, -0.25) is 9.59 Å². The number of carboxylic acids is 1. The normalized spacial score (nSPS) is 18.0. The minimum atomic E-state index is -1.28. The summed E-state index contributed by atoms with van der Waals surface area (Å²) in [5.74, 6) is -2.48. The molecule has 1 fully saturated rings. The van der Waals surface area contributed by atoms with Gasteiger partial charge in [0.1, 0.15) is 25.1 Å². The van der Waals surface area contributed by atoms with Gasteiger partial charge in [-0.05, 0) is 0 Å². The Kier molecular flexibility index (Phi) is 4.85. The number of thiazole rings is 1. The zero-order valence-electron chi connectivity index (χ0n) is 11.8. The second-order valence-electron chi connectivity index (χ2n) is 4.22. The Morgan fingerprint density at radius 3 is 2.91 bits per heavy atom. The maximum absolute atomic E-state index is 12.2. The molecule has 0 bridgehead atoms. The number of nitrogens with zero attached hydrogens (tertiary/aromatic N) is 4. The number of carbonyl (C=O) groups is 3. The molecule has 1 aromatic rings. The summed E-state index contributed by atoms with van der Waals surface area (Å²) in [6.07, 6.45) is 0.589. The molecule has 11 nitrogen and oxygen atoms in total. The minimum Gasteiger partial charge on any atom is -0.477 e. The standard InChI is InChI=1S/C11H12N6O5S/c1-22-16-8(6-4-23-11(12)15-6)9(20)14-5-3-17(10(5)21)13-2-7(18)19/h2,4-5H,3H2,1H3,(H2,12,15)(H,14,20)(H,18,19)/b13-2+,16-8+. The molecule has 122 valence electrons. The summed E-state index contributed by atoms with van der Waals surface area (Å²) in [5.41, 5.74) is 5.60. The summed E-state index contributed by atoms with van der Waals surface area (Å²) in [6.45, 7) is 0.0494. The average Bonchev–Trinajstić information content (AvgIpc) is 2.92. The number of nitrogens with two attached hydrogens (primary N) is 1.